The number of aromatic nitrogens is 1. The minimum Gasteiger partial charge on any atom is -0.397 e. The highest BCUT2D eigenvalue weighted by Gasteiger charge is 2.33. The first-order chi connectivity index (χ1) is 9.17. The molecule has 1 aliphatic carbocycles. The van der Waals surface area contributed by atoms with Gasteiger partial charge in [0, 0.05) is 32.4 Å². The van der Waals surface area contributed by atoms with Gasteiger partial charge in [0.05, 0.1) is 12.3 Å². The zero-order chi connectivity index (χ0) is 13.8. The highest BCUT2D eigenvalue weighted by molar-refractivity contribution is 5.94. The molecule has 0 radical (unpaired) electrons. The second-order valence-electron chi connectivity index (χ2n) is 5.07. The predicted octanol–water partition coefficient (Wildman–Crippen LogP) is 1.73. The number of nitrogen functional groups attached to an aromatic ring is 1. The van der Waals surface area contributed by atoms with Crippen molar-refractivity contribution in [1.82, 2.24) is 9.47 Å². The number of methoxy groups -OCH3 is 1. The molecule has 0 saturated heterocycles. The summed E-state index contributed by atoms with van der Waals surface area (Å²) in [6.07, 6.45) is 5.02. The average molecular weight is 265 g/mol. The Morgan fingerprint density at radius 2 is 2.32 bits per heavy atom. The summed E-state index contributed by atoms with van der Waals surface area (Å²) in [5.41, 5.74) is 7.17. The molecule has 0 bridgehead atoms. The van der Waals surface area contributed by atoms with Gasteiger partial charge in [0.15, 0.2) is 0 Å². The molecular formula is C14H23N3O2. The Labute approximate surface area is 114 Å². The molecule has 2 rings (SSSR count). The number of aryl methyl sites for hydroxylation is 1. The van der Waals surface area contributed by atoms with E-state index < -0.39 is 0 Å². The molecule has 0 atom stereocenters. The highest BCUT2D eigenvalue weighted by Crippen LogP contribution is 2.28. The van der Waals surface area contributed by atoms with Crippen molar-refractivity contribution in [3.8, 4) is 0 Å². The molecule has 0 aliphatic heterocycles. The molecule has 5 heteroatoms. The lowest BCUT2D eigenvalue weighted by atomic mass is 10.3. The Morgan fingerprint density at radius 3 is 2.89 bits per heavy atom. The number of nitrogens with two attached hydrogens (primary N) is 1. The van der Waals surface area contributed by atoms with Crippen LogP contribution in [0.25, 0.3) is 0 Å². The Morgan fingerprint density at radius 1 is 1.58 bits per heavy atom. The lowest BCUT2D eigenvalue weighted by Crippen LogP contribution is -2.37. The lowest BCUT2D eigenvalue weighted by Gasteiger charge is -2.22. The highest BCUT2D eigenvalue weighted by atomic mass is 16.5. The van der Waals surface area contributed by atoms with Crippen LogP contribution < -0.4 is 5.73 Å². The van der Waals surface area contributed by atoms with Gasteiger partial charge in [-0.2, -0.15) is 0 Å². The van der Waals surface area contributed by atoms with Gasteiger partial charge in [0.25, 0.3) is 5.91 Å². The van der Waals surface area contributed by atoms with Gasteiger partial charge in [-0.15, -0.1) is 0 Å². The summed E-state index contributed by atoms with van der Waals surface area (Å²) in [6, 6.07) is 2.16. The van der Waals surface area contributed by atoms with Gasteiger partial charge in [-0.1, -0.05) is 6.92 Å². The minimum atomic E-state index is 0.0738. The Kier molecular flexibility index (Phi) is 4.47. The summed E-state index contributed by atoms with van der Waals surface area (Å²) < 4.78 is 7.05. The first kappa shape index (κ1) is 13.9. The van der Waals surface area contributed by atoms with Crippen LogP contribution in [-0.4, -0.2) is 41.7 Å². The first-order valence-electron chi connectivity index (χ1n) is 6.93. The van der Waals surface area contributed by atoms with E-state index in [1.807, 2.05) is 15.7 Å². The average Bonchev–Trinajstić information content (AvgIpc) is 3.14. The smallest absolute Gasteiger partial charge is 0.270 e. The number of carbonyl (C=O) groups excluding carboxylic acids is 1. The van der Waals surface area contributed by atoms with Gasteiger partial charge in [0.1, 0.15) is 5.69 Å². The molecule has 5 nitrogen and oxygen atoms in total. The van der Waals surface area contributed by atoms with Crippen LogP contribution in [0, 0.1) is 0 Å². The van der Waals surface area contributed by atoms with Crippen LogP contribution in [0.4, 0.5) is 5.69 Å². The molecule has 0 aromatic carbocycles. The fourth-order valence-electron chi connectivity index (χ4n) is 2.31. The molecule has 1 aliphatic rings. The topological polar surface area (TPSA) is 60.5 Å². The number of nitrogens with zero attached hydrogens (tertiary/aromatic N) is 2. The van der Waals surface area contributed by atoms with Gasteiger partial charge in [0.2, 0.25) is 0 Å². The molecule has 1 aromatic rings. The second-order valence-corrected chi connectivity index (χ2v) is 5.07. The van der Waals surface area contributed by atoms with Gasteiger partial charge in [-0.25, -0.2) is 0 Å². The van der Waals surface area contributed by atoms with E-state index >= 15 is 0 Å². The summed E-state index contributed by atoms with van der Waals surface area (Å²) in [6.45, 7) is 4.14. The standard InChI is InChI=1S/C14H23N3O2/c1-3-6-16-10-11(15)9-13(16)14(18)17(7-8-19-2)12-4-5-12/h9-10,12H,3-8,15H2,1-2H3. The summed E-state index contributed by atoms with van der Waals surface area (Å²) in [5, 5.41) is 0. The maximum Gasteiger partial charge on any atom is 0.270 e. The van der Waals surface area contributed by atoms with Crippen molar-refractivity contribution in [2.75, 3.05) is 26.0 Å². The first-order valence-corrected chi connectivity index (χ1v) is 6.93. The second kappa shape index (κ2) is 6.10. The van der Waals surface area contributed by atoms with E-state index in [0.29, 0.717) is 30.6 Å². The van der Waals surface area contributed by atoms with Crippen LogP contribution in [0.1, 0.15) is 36.7 Å². The molecule has 1 heterocycles. The number of anilines is 1. The van der Waals surface area contributed by atoms with E-state index in [0.717, 1.165) is 25.8 Å². The van der Waals surface area contributed by atoms with E-state index in [4.69, 9.17) is 10.5 Å². The van der Waals surface area contributed by atoms with E-state index in [1.54, 1.807) is 13.2 Å². The van der Waals surface area contributed by atoms with Gasteiger partial charge >= 0.3 is 0 Å². The molecular weight excluding hydrogens is 242 g/mol. The third-order valence-electron chi connectivity index (χ3n) is 3.39. The van der Waals surface area contributed by atoms with Crippen molar-refractivity contribution in [3.05, 3.63) is 18.0 Å². The SMILES string of the molecule is CCCn1cc(N)cc1C(=O)N(CCOC)C1CC1. The zero-order valence-corrected chi connectivity index (χ0v) is 11.8. The van der Waals surface area contributed by atoms with Crippen molar-refractivity contribution in [3.63, 3.8) is 0 Å². The van der Waals surface area contributed by atoms with E-state index in [9.17, 15) is 4.79 Å². The van der Waals surface area contributed by atoms with Gasteiger partial charge < -0.3 is 19.9 Å². The summed E-state index contributed by atoms with van der Waals surface area (Å²) in [4.78, 5) is 14.6. The fourth-order valence-corrected chi connectivity index (χ4v) is 2.31. The maximum atomic E-state index is 12.6. The third kappa shape index (κ3) is 3.29. The number of amides is 1. The quantitative estimate of drug-likeness (QED) is 0.816. The van der Waals surface area contributed by atoms with Crippen molar-refractivity contribution in [2.45, 2.75) is 38.8 Å². The zero-order valence-electron chi connectivity index (χ0n) is 11.8. The van der Waals surface area contributed by atoms with Crippen LogP contribution in [0.15, 0.2) is 12.3 Å². The number of carbonyl (C=O) groups is 1. The largest absolute Gasteiger partial charge is 0.397 e. The number of hydrogen-bond acceptors (Lipinski definition) is 3. The third-order valence-corrected chi connectivity index (χ3v) is 3.39. The van der Waals surface area contributed by atoms with Crippen LogP contribution in [0.5, 0.6) is 0 Å². The van der Waals surface area contributed by atoms with Crippen molar-refractivity contribution >= 4 is 11.6 Å². The van der Waals surface area contributed by atoms with E-state index in [-0.39, 0.29) is 5.91 Å². The molecule has 2 N–H and O–H groups in total. The molecule has 1 amide bonds. The van der Waals surface area contributed by atoms with Crippen LogP contribution in [0.3, 0.4) is 0 Å². The van der Waals surface area contributed by atoms with Crippen LogP contribution >= 0.6 is 0 Å². The monoisotopic (exact) mass is 265 g/mol. The molecule has 0 unspecified atom stereocenters. The van der Waals surface area contributed by atoms with Gasteiger partial charge in [-0.3, -0.25) is 4.79 Å². The molecule has 1 fully saturated rings. The number of hydrogen-bond donors (Lipinski definition) is 1. The predicted molar refractivity (Wildman–Crippen MR) is 75.1 cm³/mol. The summed E-state index contributed by atoms with van der Waals surface area (Å²) >= 11 is 0. The fraction of sp³-hybridized carbons (Fsp3) is 0.643. The lowest BCUT2D eigenvalue weighted by molar-refractivity contribution is 0.0669. The minimum absolute atomic E-state index is 0.0738. The summed E-state index contributed by atoms with van der Waals surface area (Å²) in [5.74, 6) is 0.0738. The van der Waals surface area contributed by atoms with E-state index in [1.165, 1.54) is 0 Å². The number of rotatable bonds is 7. The van der Waals surface area contributed by atoms with Crippen molar-refractivity contribution in [1.29, 1.82) is 0 Å². The Hall–Kier alpha value is -1.49. The summed E-state index contributed by atoms with van der Waals surface area (Å²) in [7, 11) is 1.66. The molecule has 106 valence electrons. The molecule has 19 heavy (non-hydrogen) atoms. The van der Waals surface area contributed by atoms with Crippen molar-refractivity contribution < 1.29 is 9.53 Å². The van der Waals surface area contributed by atoms with Crippen LogP contribution in [0.2, 0.25) is 0 Å². The molecule has 1 saturated carbocycles. The van der Waals surface area contributed by atoms with Gasteiger partial charge in [-0.05, 0) is 25.3 Å². The maximum absolute atomic E-state index is 12.6. The van der Waals surface area contributed by atoms with Crippen LogP contribution in [-0.2, 0) is 11.3 Å². The Bertz CT molecular complexity index is 438. The van der Waals surface area contributed by atoms with Crippen molar-refractivity contribution in [2.24, 2.45) is 0 Å². The number of ether oxygens (including phenoxy) is 1. The molecule has 0 spiro atoms. The normalized spacial score (nSPS) is 14.6. The Balaban J connectivity index is 2.15. The molecule has 1 aromatic heterocycles. The van der Waals surface area contributed by atoms with E-state index in [2.05, 4.69) is 6.92 Å².